The van der Waals surface area contributed by atoms with Crippen molar-refractivity contribution in [2.45, 2.75) is 20.4 Å². The first-order chi connectivity index (χ1) is 9.08. The lowest BCUT2D eigenvalue weighted by Gasteiger charge is -2.13. The van der Waals surface area contributed by atoms with E-state index in [0.29, 0.717) is 0 Å². The van der Waals surface area contributed by atoms with Crippen molar-refractivity contribution in [1.29, 1.82) is 0 Å². The fourth-order valence-electron chi connectivity index (χ4n) is 2.46. The molecule has 19 heavy (non-hydrogen) atoms. The number of aryl methyl sites for hydroxylation is 3. The lowest BCUT2D eigenvalue weighted by Crippen LogP contribution is -2.10. The Bertz CT molecular complexity index is 587. The van der Waals surface area contributed by atoms with Gasteiger partial charge in [0.1, 0.15) is 5.75 Å². The van der Waals surface area contributed by atoms with Gasteiger partial charge in [-0.25, -0.2) is 4.98 Å². The fraction of sp³-hybridized carbons (Fsp3) is 0.400. The number of nitrogens with one attached hydrogen (secondary N) is 1. The van der Waals surface area contributed by atoms with Crippen LogP contribution >= 0.6 is 0 Å². The average Bonchev–Trinajstić information content (AvgIpc) is 2.71. The second-order valence-corrected chi connectivity index (χ2v) is 4.84. The molecule has 0 unspecified atom stereocenters. The summed E-state index contributed by atoms with van der Waals surface area (Å²) in [6.07, 6.45) is 1.85. The molecule has 0 fully saturated rings. The summed E-state index contributed by atoms with van der Waals surface area (Å²) >= 11 is 0. The van der Waals surface area contributed by atoms with E-state index in [-0.39, 0.29) is 0 Å². The monoisotopic (exact) mass is 259 g/mol. The number of aromatic nitrogens is 2. The summed E-state index contributed by atoms with van der Waals surface area (Å²) in [5, 5.41) is 3.19. The van der Waals surface area contributed by atoms with Crippen LogP contribution in [0.5, 0.6) is 5.75 Å². The Balaban J connectivity index is 2.64. The fourth-order valence-corrected chi connectivity index (χ4v) is 2.46. The molecule has 0 aliphatic carbocycles. The molecule has 4 heteroatoms. The lowest BCUT2D eigenvalue weighted by molar-refractivity contribution is 0.413. The average molecular weight is 259 g/mol. The third-order valence-electron chi connectivity index (χ3n) is 3.28. The van der Waals surface area contributed by atoms with Crippen LogP contribution in [0.3, 0.4) is 0 Å². The number of methoxy groups -OCH3 is 1. The number of nitrogens with zero attached hydrogens (tertiary/aromatic N) is 2. The van der Waals surface area contributed by atoms with E-state index in [1.807, 2.05) is 25.0 Å². The van der Waals surface area contributed by atoms with Crippen LogP contribution in [0, 0.1) is 13.8 Å². The smallest absolute Gasteiger partial charge is 0.131 e. The molecule has 0 spiro atoms. The molecule has 4 nitrogen and oxygen atoms in total. The SMILES string of the molecule is CNCc1c(-c2cc(C)cc(C)c2OC)ncn1C. The zero-order valence-corrected chi connectivity index (χ0v) is 12.2. The van der Waals surface area contributed by atoms with E-state index in [2.05, 4.69) is 36.3 Å². The first kappa shape index (κ1) is 13.6. The van der Waals surface area contributed by atoms with Crippen LogP contribution in [0.25, 0.3) is 11.3 Å². The van der Waals surface area contributed by atoms with Gasteiger partial charge in [0.15, 0.2) is 0 Å². The quantitative estimate of drug-likeness (QED) is 0.916. The first-order valence-electron chi connectivity index (χ1n) is 6.39. The van der Waals surface area contributed by atoms with E-state index in [1.54, 1.807) is 7.11 Å². The van der Waals surface area contributed by atoms with E-state index in [0.717, 1.165) is 34.8 Å². The number of hydrogen-bond acceptors (Lipinski definition) is 3. The third-order valence-corrected chi connectivity index (χ3v) is 3.28. The van der Waals surface area contributed by atoms with Gasteiger partial charge >= 0.3 is 0 Å². The van der Waals surface area contributed by atoms with Gasteiger partial charge in [0.2, 0.25) is 0 Å². The zero-order valence-electron chi connectivity index (χ0n) is 12.2. The van der Waals surface area contributed by atoms with Gasteiger partial charge in [0, 0.05) is 19.2 Å². The van der Waals surface area contributed by atoms with Crippen LogP contribution in [0.2, 0.25) is 0 Å². The second-order valence-electron chi connectivity index (χ2n) is 4.84. The van der Waals surface area contributed by atoms with Crippen molar-refractivity contribution in [3.05, 3.63) is 35.3 Å². The minimum absolute atomic E-state index is 0.780. The predicted molar refractivity (Wildman–Crippen MR) is 77.4 cm³/mol. The second kappa shape index (κ2) is 5.45. The highest BCUT2D eigenvalue weighted by Crippen LogP contribution is 2.34. The van der Waals surface area contributed by atoms with Crippen LogP contribution in [-0.4, -0.2) is 23.7 Å². The molecule has 0 atom stereocenters. The molecule has 0 aliphatic rings. The summed E-state index contributed by atoms with van der Waals surface area (Å²) < 4.78 is 7.60. The number of rotatable bonds is 4. The van der Waals surface area contributed by atoms with Crippen molar-refractivity contribution in [3.8, 4) is 17.0 Å². The molecule has 2 aromatic rings. The Labute approximate surface area is 114 Å². The largest absolute Gasteiger partial charge is 0.496 e. The molecule has 0 saturated carbocycles. The number of hydrogen-bond donors (Lipinski definition) is 1. The van der Waals surface area contributed by atoms with Gasteiger partial charge in [0.25, 0.3) is 0 Å². The van der Waals surface area contributed by atoms with Crippen molar-refractivity contribution >= 4 is 0 Å². The molecule has 2 rings (SSSR count). The molecule has 0 amide bonds. The van der Waals surface area contributed by atoms with Crippen LogP contribution in [-0.2, 0) is 13.6 Å². The van der Waals surface area contributed by atoms with Crippen molar-refractivity contribution in [3.63, 3.8) is 0 Å². The molecule has 0 radical (unpaired) electrons. The van der Waals surface area contributed by atoms with E-state index in [4.69, 9.17) is 4.74 Å². The maximum absolute atomic E-state index is 5.56. The van der Waals surface area contributed by atoms with Crippen molar-refractivity contribution < 1.29 is 4.74 Å². The Kier molecular flexibility index (Phi) is 3.90. The summed E-state index contributed by atoms with van der Waals surface area (Å²) in [5.74, 6) is 0.904. The van der Waals surface area contributed by atoms with Gasteiger partial charge in [-0.1, -0.05) is 6.07 Å². The maximum Gasteiger partial charge on any atom is 0.131 e. The van der Waals surface area contributed by atoms with Gasteiger partial charge in [-0.2, -0.15) is 0 Å². The minimum atomic E-state index is 0.780. The molecule has 102 valence electrons. The van der Waals surface area contributed by atoms with Crippen molar-refractivity contribution in [2.24, 2.45) is 7.05 Å². The summed E-state index contributed by atoms with van der Waals surface area (Å²) in [7, 11) is 5.66. The van der Waals surface area contributed by atoms with Gasteiger partial charge in [-0.15, -0.1) is 0 Å². The molecule has 0 bridgehead atoms. The molecule has 1 aromatic carbocycles. The Morgan fingerprint density at radius 3 is 2.68 bits per heavy atom. The van der Waals surface area contributed by atoms with E-state index in [1.165, 1.54) is 5.56 Å². The minimum Gasteiger partial charge on any atom is -0.496 e. The van der Waals surface area contributed by atoms with E-state index < -0.39 is 0 Å². The predicted octanol–water partition coefficient (Wildman–Crippen LogP) is 2.43. The van der Waals surface area contributed by atoms with E-state index in [9.17, 15) is 0 Å². The van der Waals surface area contributed by atoms with E-state index >= 15 is 0 Å². The molecular formula is C15H21N3O. The highest BCUT2D eigenvalue weighted by atomic mass is 16.5. The lowest BCUT2D eigenvalue weighted by atomic mass is 10.0. The molecule has 0 aliphatic heterocycles. The van der Waals surface area contributed by atoms with Gasteiger partial charge in [0.05, 0.1) is 24.8 Å². The normalized spacial score (nSPS) is 10.8. The van der Waals surface area contributed by atoms with Gasteiger partial charge < -0.3 is 14.6 Å². The Morgan fingerprint density at radius 2 is 2.05 bits per heavy atom. The van der Waals surface area contributed by atoms with Crippen LogP contribution in [0.1, 0.15) is 16.8 Å². The topological polar surface area (TPSA) is 39.1 Å². The molecule has 1 N–H and O–H groups in total. The highest BCUT2D eigenvalue weighted by molar-refractivity contribution is 5.72. The van der Waals surface area contributed by atoms with Gasteiger partial charge in [-0.3, -0.25) is 0 Å². The third kappa shape index (κ3) is 2.49. The maximum atomic E-state index is 5.56. The zero-order chi connectivity index (χ0) is 14.0. The highest BCUT2D eigenvalue weighted by Gasteiger charge is 2.16. The van der Waals surface area contributed by atoms with Crippen molar-refractivity contribution in [1.82, 2.24) is 14.9 Å². The Morgan fingerprint density at radius 1 is 1.32 bits per heavy atom. The van der Waals surface area contributed by atoms with Crippen molar-refractivity contribution in [2.75, 3.05) is 14.2 Å². The molecule has 1 heterocycles. The molecule has 0 saturated heterocycles. The van der Waals surface area contributed by atoms with Crippen LogP contribution in [0.15, 0.2) is 18.5 Å². The number of benzene rings is 1. The summed E-state index contributed by atoms with van der Waals surface area (Å²) in [6.45, 7) is 4.94. The molecular weight excluding hydrogens is 238 g/mol. The van der Waals surface area contributed by atoms with Gasteiger partial charge in [-0.05, 0) is 38.1 Å². The summed E-state index contributed by atoms with van der Waals surface area (Å²) in [6, 6.07) is 4.26. The standard InChI is InChI=1S/C15H21N3O/c1-10-6-11(2)15(19-5)12(7-10)14-13(8-16-3)18(4)9-17-14/h6-7,9,16H,8H2,1-5H3. The van der Waals surface area contributed by atoms with Crippen LogP contribution < -0.4 is 10.1 Å². The number of imidazole rings is 1. The van der Waals surface area contributed by atoms with Crippen LogP contribution in [0.4, 0.5) is 0 Å². The Hall–Kier alpha value is -1.81. The number of ether oxygens (including phenoxy) is 1. The first-order valence-corrected chi connectivity index (χ1v) is 6.39. The summed E-state index contributed by atoms with van der Waals surface area (Å²) in [5.41, 5.74) is 5.56. The molecule has 1 aromatic heterocycles. The summed E-state index contributed by atoms with van der Waals surface area (Å²) in [4.78, 5) is 4.54.